The number of rotatable bonds is 5. The minimum Gasteiger partial charge on any atom is -0.475 e. The maximum atomic E-state index is 11.0. The van der Waals surface area contributed by atoms with Crippen molar-refractivity contribution in [1.82, 2.24) is 4.90 Å². The van der Waals surface area contributed by atoms with Crippen molar-refractivity contribution in [1.29, 1.82) is 0 Å². The van der Waals surface area contributed by atoms with Crippen LogP contribution in [0.25, 0.3) is 0 Å². The fourth-order valence-electron chi connectivity index (χ4n) is 2.98. The zero-order valence-electron chi connectivity index (χ0n) is 11.8. The molecule has 0 bridgehead atoms. The summed E-state index contributed by atoms with van der Waals surface area (Å²) >= 11 is 0. The quantitative estimate of drug-likeness (QED) is 0.886. The second kappa shape index (κ2) is 6.24. The van der Waals surface area contributed by atoms with Crippen molar-refractivity contribution in [3.8, 4) is 0 Å². The molecular formula is C15H23NO3. The van der Waals surface area contributed by atoms with Gasteiger partial charge in [0, 0.05) is 11.6 Å². The molecule has 0 saturated heterocycles. The van der Waals surface area contributed by atoms with Gasteiger partial charge in [-0.3, -0.25) is 4.90 Å². The molecule has 0 aliphatic heterocycles. The fourth-order valence-corrected chi connectivity index (χ4v) is 2.98. The Hall–Kier alpha value is -1.29. The van der Waals surface area contributed by atoms with Gasteiger partial charge in [0.1, 0.15) is 5.76 Å². The van der Waals surface area contributed by atoms with Gasteiger partial charge in [0.15, 0.2) is 0 Å². The van der Waals surface area contributed by atoms with E-state index in [0.29, 0.717) is 11.6 Å². The molecule has 1 saturated carbocycles. The van der Waals surface area contributed by atoms with Gasteiger partial charge >= 0.3 is 5.97 Å². The lowest BCUT2D eigenvalue weighted by Crippen LogP contribution is -2.35. The summed E-state index contributed by atoms with van der Waals surface area (Å²) in [4.78, 5) is 13.4. The highest BCUT2D eigenvalue weighted by Gasteiger charge is 2.22. The standard InChI is InChI=1S/C15H23NO3/c1-3-16(12-7-5-4-6-8-12)10-13-9-11(2)14(19-13)15(17)18/h9,12H,3-8,10H2,1-2H3,(H,17,18). The van der Waals surface area contributed by atoms with Gasteiger partial charge in [-0.05, 0) is 32.4 Å². The summed E-state index contributed by atoms with van der Waals surface area (Å²) in [7, 11) is 0. The Morgan fingerprint density at radius 2 is 2.11 bits per heavy atom. The monoisotopic (exact) mass is 265 g/mol. The van der Waals surface area contributed by atoms with E-state index in [9.17, 15) is 4.79 Å². The van der Waals surface area contributed by atoms with Gasteiger partial charge in [0.25, 0.3) is 0 Å². The van der Waals surface area contributed by atoms with Crippen LogP contribution >= 0.6 is 0 Å². The van der Waals surface area contributed by atoms with Gasteiger partial charge in [-0.15, -0.1) is 0 Å². The third-order valence-electron chi connectivity index (χ3n) is 4.02. The minimum atomic E-state index is -0.982. The van der Waals surface area contributed by atoms with E-state index < -0.39 is 5.97 Å². The minimum absolute atomic E-state index is 0.0784. The lowest BCUT2D eigenvalue weighted by molar-refractivity contribution is 0.0655. The highest BCUT2D eigenvalue weighted by Crippen LogP contribution is 2.25. The number of aryl methyl sites for hydroxylation is 1. The van der Waals surface area contributed by atoms with Gasteiger partial charge in [-0.2, -0.15) is 0 Å². The average molecular weight is 265 g/mol. The van der Waals surface area contributed by atoms with Gasteiger partial charge in [-0.1, -0.05) is 26.2 Å². The summed E-state index contributed by atoms with van der Waals surface area (Å²) in [5.74, 6) is -0.138. The lowest BCUT2D eigenvalue weighted by atomic mass is 9.94. The molecule has 4 nitrogen and oxygen atoms in total. The Labute approximate surface area is 114 Å². The molecule has 0 radical (unpaired) electrons. The number of aromatic carboxylic acids is 1. The van der Waals surface area contributed by atoms with E-state index in [4.69, 9.17) is 9.52 Å². The van der Waals surface area contributed by atoms with Crippen LogP contribution in [0.15, 0.2) is 10.5 Å². The normalized spacial score (nSPS) is 17.0. The van der Waals surface area contributed by atoms with E-state index in [-0.39, 0.29) is 5.76 Å². The maximum absolute atomic E-state index is 11.0. The highest BCUT2D eigenvalue weighted by atomic mass is 16.4. The molecule has 0 spiro atoms. The molecule has 1 N–H and O–H groups in total. The Balaban J connectivity index is 2.05. The van der Waals surface area contributed by atoms with Gasteiger partial charge in [0.2, 0.25) is 5.76 Å². The molecular weight excluding hydrogens is 242 g/mol. The predicted molar refractivity (Wildman–Crippen MR) is 73.4 cm³/mol. The van der Waals surface area contributed by atoms with Crippen LogP contribution in [0.5, 0.6) is 0 Å². The molecule has 1 aliphatic rings. The molecule has 1 aliphatic carbocycles. The highest BCUT2D eigenvalue weighted by molar-refractivity contribution is 5.86. The van der Waals surface area contributed by atoms with Crippen molar-refractivity contribution in [3.05, 3.63) is 23.2 Å². The number of carboxylic acids is 1. The Morgan fingerprint density at radius 1 is 1.42 bits per heavy atom. The number of hydrogen-bond donors (Lipinski definition) is 1. The molecule has 0 atom stereocenters. The van der Waals surface area contributed by atoms with E-state index >= 15 is 0 Å². The first-order valence-corrected chi connectivity index (χ1v) is 7.18. The molecule has 0 unspecified atom stereocenters. The molecule has 106 valence electrons. The van der Waals surface area contributed by atoms with Crippen LogP contribution < -0.4 is 0 Å². The first kappa shape index (κ1) is 14.1. The fraction of sp³-hybridized carbons (Fsp3) is 0.667. The lowest BCUT2D eigenvalue weighted by Gasteiger charge is -2.32. The van der Waals surface area contributed by atoms with Crippen LogP contribution in [0.1, 0.15) is 60.9 Å². The number of carboxylic acid groups (broad SMARTS) is 1. The molecule has 0 amide bonds. The second-order valence-corrected chi connectivity index (χ2v) is 5.38. The number of hydrogen-bond acceptors (Lipinski definition) is 3. The molecule has 1 aromatic heterocycles. The van der Waals surface area contributed by atoms with E-state index in [2.05, 4.69) is 11.8 Å². The predicted octanol–water partition coefficient (Wildman–Crippen LogP) is 3.44. The number of carbonyl (C=O) groups is 1. The molecule has 0 aromatic carbocycles. The largest absolute Gasteiger partial charge is 0.475 e. The number of nitrogens with zero attached hydrogens (tertiary/aromatic N) is 1. The van der Waals surface area contributed by atoms with Crippen molar-refractivity contribution < 1.29 is 14.3 Å². The van der Waals surface area contributed by atoms with E-state index in [1.807, 2.05) is 6.07 Å². The summed E-state index contributed by atoms with van der Waals surface area (Å²) < 4.78 is 5.46. The third-order valence-corrected chi connectivity index (χ3v) is 4.02. The van der Waals surface area contributed by atoms with Crippen LogP contribution in [0.4, 0.5) is 0 Å². The number of furan rings is 1. The van der Waals surface area contributed by atoms with E-state index in [1.165, 1.54) is 32.1 Å². The Kier molecular flexibility index (Phi) is 4.64. The van der Waals surface area contributed by atoms with Gasteiger partial charge in [0.05, 0.1) is 6.54 Å². The molecule has 1 aromatic rings. The maximum Gasteiger partial charge on any atom is 0.372 e. The van der Waals surface area contributed by atoms with Gasteiger partial charge in [-0.25, -0.2) is 4.79 Å². The zero-order chi connectivity index (χ0) is 13.8. The van der Waals surface area contributed by atoms with Crippen molar-refractivity contribution >= 4 is 5.97 Å². The Morgan fingerprint density at radius 3 is 2.63 bits per heavy atom. The summed E-state index contributed by atoms with van der Waals surface area (Å²) in [5, 5.41) is 9.01. The molecule has 4 heteroatoms. The summed E-state index contributed by atoms with van der Waals surface area (Å²) in [6.45, 7) is 5.64. The average Bonchev–Trinajstić information content (AvgIpc) is 2.78. The summed E-state index contributed by atoms with van der Waals surface area (Å²) in [6.07, 6.45) is 6.45. The zero-order valence-corrected chi connectivity index (χ0v) is 11.8. The van der Waals surface area contributed by atoms with Crippen molar-refractivity contribution in [2.24, 2.45) is 0 Å². The summed E-state index contributed by atoms with van der Waals surface area (Å²) in [6, 6.07) is 2.48. The van der Waals surface area contributed by atoms with Crippen molar-refractivity contribution in [2.45, 2.75) is 58.5 Å². The molecule has 2 rings (SSSR count). The van der Waals surface area contributed by atoms with Crippen LogP contribution in [0.3, 0.4) is 0 Å². The topological polar surface area (TPSA) is 53.7 Å². The molecule has 19 heavy (non-hydrogen) atoms. The van der Waals surface area contributed by atoms with Crippen molar-refractivity contribution in [2.75, 3.05) is 6.54 Å². The van der Waals surface area contributed by atoms with E-state index in [0.717, 1.165) is 18.8 Å². The van der Waals surface area contributed by atoms with E-state index in [1.54, 1.807) is 6.92 Å². The first-order valence-electron chi connectivity index (χ1n) is 7.18. The first-order chi connectivity index (χ1) is 9.11. The second-order valence-electron chi connectivity index (χ2n) is 5.38. The van der Waals surface area contributed by atoms with Crippen LogP contribution in [0.2, 0.25) is 0 Å². The summed E-state index contributed by atoms with van der Waals surface area (Å²) in [5.41, 5.74) is 0.710. The molecule has 1 fully saturated rings. The molecule has 1 heterocycles. The van der Waals surface area contributed by atoms with Gasteiger partial charge < -0.3 is 9.52 Å². The van der Waals surface area contributed by atoms with Crippen LogP contribution in [-0.2, 0) is 6.54 Å². The third kappa shape index (κ3) is 3.38. The SMILES string of the molecule is CCN(Cc1cc(C)c(C(=O)O)o1)C1CCCCC1. The smallest absolute Gasteiger partial charge is 0.372 e. The Bertz CT molecular complexity index is 433. The van der Waals surface area contributed by atoms with Crippen LogP contribution in [0, 0.1) is 6.92 Å². The van der Waals surface area contributed by atoms with Crippen molar-refractivity contribution in [3.63, 3.8) is 0 Å². The van der Waals surface area contributed by atoms with Crippen LogP contribution in [-0.4, -0.2) is 28.6 Å².